The molecule has 0 saturated heterocycles. The molecule has 0 saturated carbocycles. The largest absolute Gasteiger partial charge is 0.497 e. The second-order valence-corrected chi connectivity index (χ2v) is 10.6. The standard InChI is InChI=1S/C40H35NO4/c1-29-4-20-36(21-5-29)41(38-24-14-33(15-25-38)8-9-34-16-26-39(44-3)27-17-34)37-22-12-32(13-23-37)7-6-31-10-18-35(19-11-31)40(43)28-45-30(2)42/h4-27H,28H2,1-3H3/b7-6+,9-8+. The summed E-state index contributed by atoms with van der Waals surface area (Å²) in [5, 5.41) is 0. The molecule has 5 heteroatoms. The number of ketones is 1. The van der Waals surface area contributed by atoms with E-state index < -0.39 is 5.97 Å². The van der Waals surface area contributed by atoms with Crippen LogP contribution in [-0.4, -0.2) is 25.5 Å². The molecule has 0 bridgehead atoms. The lowest BCUT2D eigenvalue weighted by atomic mass is 10.1. The first-order valence-corrected chi connectivity index (χ1v) is 14.7. The van der Waals surface area contributed by atoms with Crippen molar-refractivity contribution in [2.24, 2.45) is 0 Å². The summed E-state index contributed by atoms with van der Waals surface area (Å²) in [7, 11) is 1.67. The lowest BCUT2D eigenvalue weighted by molar-refractivity contribution is -0.139. The Morgan fingerprint density at radius 2 is 0.956 bits per heavy atom. The van der Waals surface area contributed by atoms with Gasteiger partial charge in [-0.1, -0.05) is 103 Å². The highest BCUT2D eigenvalue weighted by Crippen LogP contribution is 2.35. The molecule has 0 spiro atoms. The fraction of sp³-hybridized carbons (Fsp3) is 0.100. The van der Waals surface area contributed by atoms with Crippen molar-refractivity contribution < 1.29 is 19.1 Å². The molecule has 0 heterocycles. The van der Waals surface area contributed by atoms with Gasteiger partial charge in [0.25, 0.3) is 0 Å². The van der Waals surface area contributed by atoms with Crippen LogP contribution in [0.15, 0.2) is 121 Å². The Balaban J connectivity index is 1.32. The molecule has 0 radical (unpaired) electrons. The van der Waals surface area contributed by atoms with Gasteiger partial charge < -0.3 is 14.4 Å². The predicted molar refractivity (Wildman–Crippen MR) is 184 cm³/mol. The molecule has 0 amide bonds. The van der Waals surface area contributed by atoms with Crippen molar-refractivity contribution in [1.82, 2.24) is 0 Å². The molecule has 0 N–H and O–H groups in total. The van der Waals surface area contributed by atoms with E-state index in [0.717, 1.165) is 45.1 Å². The van der Waals surface area contributed by atoms with Gasteiger partial charge >= 0.3 is 5.97 Å². The summed E-state index contributed by atoms with van der Waals surface area (Å²) in [5.74, 6) is 0.146. The van der Waals surface area contributed by atoms with Crippen LogP contribution in [0.1, 0.15) is 45.1 Å². The summed E-state index contributed by atoms with van der Waals surface area (Å²) in [5.41, 5.74) is 9.14. The monoisotopic (exact) mass is 593 g/mol. The minimum atomic E-state index is -0.470. The van der Waals surface area contributed by atoms with Gasteiger partial charge in [-0.15, -0.1) is 0 Å². The van der Waals surface area contributed by atoms with E-state index in [0.29, 0.717) is 5.56 Å². The Hall–Kier alpha value is -5.68. The summed E-state index contributed by atoms with van der Waals surface area (Å²) in [6.45, 7) is 3.13. The van der Waals surface area contributed by atoms with Crippen LogP contribution in [0.2, 0.25) is 0 Å². The Morgan fingerprint density at radius 3 is 1.36 bits per heavy atom. The summed E-state index contributed by atoms with van der Waals surface area (Å²) in [6, 6.07) is 40.7. The number of ether oxygens (including phenoxy) is 2. The average Bonchev–Trinajstić information content (AvgIpc) is 3.08. The highest BCUT2D eigenvalue weighted by molar-refractivity contribution is 5.98. The maximum Gasteiger partial charge on any atom is 0.303 e. The van der Waals surface area contributed by atoms with Crippen LogP contribution in [0.4, 0.5) is 17.1 Å². The zero-order valence-electron chi connectivity index (χ0n) is 25.6. The van der Waals surface area contributed by atoms with Crippen LogP contribution < -0.4 is 9.64 Å². The third kappa shape index (κ3) is 8.46. The molecule has 224 valence electrons. The van der Waals surface area contributed by atoms with Crippen LogP contribution in [0.5, 0.6) is 5.75 Å². The molecule has 0 fully saturated rings. The third-order valence-corrected chi connectivity index (χ3v) is 7.29. The average molecular weight is 594 g/mol. The molecule has 5 aromatic carbocycles. The zero-order chi connectivity index (χ0) is 31.6. The molecule has 0 aliphatic carbocycles. The second kappa shape index (κ2) is 14.7. The number of hydrogen-bond donors (Lipinski definition) is 0. The van der Waals surface area contributed by atoms with E-state index in [4.69, 9.17) is 9.47 Å². The van der Waals surface area contributed by atoms with Gasteiger partial charge in [0.15, 0.2) is 12.4 Å². The number of hydrogen-bond acceptors (Lipinski definition) is 5. The number of methoxy groups -OCH3 is 1. The van der Waals surface area contributed by atoms with E-state index in [1.807, 2.05) is 48.6 Å². The number of rotatable bonds is 11. The lowest BCUT2D eigenvalue weighted by Crippen LogP contribution is -2.11. The summed E-state index contributed by atoms with van der Waals surface area (Å²) < 4.78 is 10.1. The van der Waals surface area contributed by atoms with Crippen LogP contribution >= 0.6 is 0 Å². The number of nitrogens with zero attached hydrogens (tertiary/aromatic N) is 1. The van der Waals surface area contributed by atoms with Crippen LogP contribution in [-0.2, 0) is 9.53 Å². The molecule has 0 aliphatic rings. The van der Waals surface area contributed by atoms with Crippen molar-refractivity contribution in [3.05, 3.63) is 155 Å². The van der Waals surface area contributed by atoms with Gasteiger partial charge in [0.1, 0.15) is 5.75 Å². The first-order valence-electron chi connectivity index (χ1n) is 14.7. The first kappa shape index (κ1) is 30.8. The molecular formula is C40H35NO4. The number of carbonyl (C=O) groups is 2. The topological polar surface area (TPSA) is 55.8 Å². The zero-order valence-corrected chi connectivity index (χ0v) is 25.6. The number of esters is 1. The Morgan fingerprint density at radius 1 is 0.578 bits per heavy atom. The molecular weight excluding hydrogens is 558 g/mol. The van der Waals surface area contributed by atoms with E-state index in [-0.39, 0.29) is 12.4 Å². The number of anilines is 3. The molecule has 5 aromatic rings. The Bertz CT molecular complexity index is 1780. The Labute approximate surface area is 264 Å². The molecule has 5 rings (SSSR count). The summed E-state index contributed by atoms with van der Waals surface area (Å²) >= 11 is 0. The smallest absolute Gasteiger partial charge is 0.303 e. The highest BCUT2D eigenvalue weighted by Gasteiger charge is 2.12. The molecule has 0 aliphatic heterocycles. The SMILES string of the molecule is COc1ccc(/C=C/c2ccc(N(c3ccc(C)cc3)c3ccc(/C=C/c4ccc(C(=O)COC(C)=O)cc4)cc3)cc2)cc1. The van der Waals surface area contributed by atoms with Crippen molar-refractivity contribution in [2.45, 2.75) is 13.8 Å². The van der Waals surface area contributed by atoms with Gasteiger partial charge in [0.05, 0.1) is 7.11 Å². The summed E-state index contributed by atoms with van der Waals surface area (Å²) in [4.78, 5) is 25.4. The quantitative estimate of drug-likeness (QED) is 0.0867. The van der Waals surface area contributed by atoms with E-state index in [1.54, 1.807) is 19.2 Å². The van der Waals surface area contributed by atoms with Crippen LogP contribution in [0.3, 0.4) is 0 Å². The fourth-order valence-corrected chi connectivity index (χ4v) is 4.74. The highest BCUT2D eigenvalue weighted by atomic mass is 16.5. The normalized spacial score (nSPS) is 11.1. The van der Waals surface area contributed by atoms with E-state index >= 15 is 0 Å². The van der Waals surface area contributed by atoms with Crippen molar-refractivity contribution in [3.63, 3.8) is 0 Å². The lowest BCUT2D eigenvalue weighted by Gasteiger charge is -2.26. The van der Waals surface area contributed by atoms with Gasteiger partial charge in [-0.2, -0.15) is 0 Å². The van der Waals surface area contributed by atoms with E-state index in [9.17, 15) is 9.59 Å². The number of benzene rings is 5. The minimum absolute atomic E-state index is 0.228. The van der Waals surface area contributed by atoms with Crippen molar-refractivity contribution >= 4 is 53.1 Å². The van der Waals surface area contributed by atoms with Crippen LogP contribution in [0, 0.1) is 6.92 Å². The second-order valence-electron chi connectivity index (χ2n) is 10.6. The molecule has 45 heavy (non-hydrogen) atoms. The van der Waals surface area contributed by atoms with Gasteiger partial charge in [0.2, 0.25) is 0 Å². The first-order chi connectivity index (χ1) is 21.9. The minimum Gasteiger partial charge on any atom is -0.497 e. The molecule has 0 aromatic heterocycles. The maximum absolute atomic E-state index is 12.2. The molecule has 5 nitrogen and oxygen atoms in total. The molecule has 0 atom stereocenters. The number of Topliss-reactive ketones (excluding diaryl/α,β-unsaturated/α-hetero) is 1. The van der Waals surface area contributed by atoms with Gasteiger partial charge in [-0.25, -0.2) is 0 Å². The third-order valence-electron chi connectivity index (χ3n) is 7.29. The maximum atomic E-state index is 12.2. The van der Waals surface area contributed by atoms with Crippen molar-refractivity contribution in [3.8, 4) is 5.75 Å². The van der Waals surface area contributed by atoms with Gasteiger partial charge in [-0.3, -0.25) is 9.59 Å². The number of carbonyl (C=O) groups excluding carboxylic acids is 2. The van der Waals surface area contributed by atoms with E-state index in [2.05, 4.69) is 96.8 Å². The predicted octanol–water partition coefficient (Wildman–Crippen LogP) is 9.56. The fourth-order valence-electron chi connectivity index (χ4n) is 4.74. The van der Waals surface area contributed by atoms with Crippen molar-refractivity contribution in [1.29, 1.82) is 0 Å². The van der Waals surface area contributed by atoms with Gasteiger partial charge in [0, 0.05) is 29.5 Å². The van der Waals surface area contributed by atoms with E-state index in [1.165, 1.54) is 12.5 Å². The number of aryl methyl sites for hydroxylation is 1. The van der Waals surface area contributed by atoms with Crippen molar-refractivity contribution in [2.75, 3.05) is 18.6 Å². The van der Waals surface area contributed by atoms with Crippen LogP contribution in [0.25, 0.3) is 24.3 Å². The Kier molecular flexibility index (Phi) is 10.0. The van der Waals surface area contributed by atoms with Gasteiger partial charge in [-0.05, 0) is 77.7 Å². The summed E-state index contributed by atoms with van der Waals surface area (Å²) in [6.07, 6.45) is 8.25. The molecule has 0 unspecified atom stereocenters.